The van der Waals surface area contributed by atoms with Gasteiger partial charge in [0.05, 0.1) is 24.4 Å². The molecule has 3 N–H and O–H groups in total. The first kappa shape index (κ1) is 27.3. The van der Waals surface area contributed by atoms with Crippen molar-refractivity contribution < 1.29 is 22.3 Å². The van der Waals surface area contributed by atoms with E-state index in [0.29, 0.717) is 24.9 Å². The Morgan fingerprint density at radius 3 is 2.58 bits per heavy atom. The molecule has 0 spiro atoms. The minimum absolute atomic E-state index is 0.0186. The Morgan fingerprint density at radius 1 is 1.17 bits per heavy atom. The van der Waals surface area contributed by atoms with Gasteiger partial charge in [0.15, 0.2) is 0 Å². The number of hydrogen-bond acceptors (Lipinski definition) is 6. The average molecular weight is 529 g/mol. The van der Waals surface area contributed by atoms with Crippen molar-refractivity contribution in [2.45, 2.75) is 56.3 Å². The molecule has 0 bridgehead atoms. The number of benzene rings is 1. The van der Waals surface area contributed by atoms with Crippen LogP contribution < -0.4 is 10.5 Å². The van der Waals surface area contributed by atoms with Crippen molar-refractivity contribution in [2.75, 3.05) is 32.8 Å². The number of halogens is 4. The first-order valence-corrected chi connectivity index (χ1v) is 13.4. The van der Waals surface area contributed by atoms with Gasteiger partial charge in [-0.2, -0.15) is 13.2 Å². The highest BCUT2D eigenvalue weighted by atomic mass is 32.2. The van der Waals surface area contributed by atoms with Crippen LogP contribution in [0.4, 0.5) is 17.6 Å². The van der Waals surface area contributed by atoms with E-state index < -0.39 is 12.1 Å². The smallest absolute Gasteiger partial charge is 0.385 e. The number of piperidine rings is 1. The highest BCUT2D eigenvalue weighted by Crippen LogP contribution is 2.37. The number of likely N-dealkylation sites (tertiary alicyclic amines) is 1. The molecule has 0 radical (unpaired) electrons. The largest absolute Gasteiger partial charge is 0.394 e. The van der Waals surface area contributed by atoms with E-state index in [1.54, 1.807) is 28.6 Å². The number of nitrogens with zero attached hydrogens (tertiary/aromatic N) is 2. The van der Waals surface area contributed by atoms with Gasteiger partial charge in [-0.3, -0.25) is 0 Å². The summed E-state index contributed by atoms with van der Waals surface area (Å²) in [4.78, 5) is 2.11. The summed E-state index contributed by atoms with van der Waals surface area (Å²) in [6.45, 7) is 5.77. The van der Waals surface area contributed by atoms with E-state index >= 15 is 0 Å². The number of hydrogen-bond donors (Lipinski definition) is 2. The number of alkyl halides is 3. The first-order valence-electron chi connectivity index (χ1n) is 12.7. The third-order valence-corrected chi connectivity index (χ3v) is 8.54. The van der Waals surface area contributed by atoms with Crippen molar-refractivity contribution in [3.05, 3.63) is 60.2 Å². The van der Waals surface area contributed by atoms with Crippen LogP contribution in [-0.4, -0.2) is 60.3 Å². The quantitative estimate of drug-likeness (QED) is 0.261. The molecule has 2 heterocycles. The molecule has 1 aromatic rings. The van der Waals surface area contributed by atoms with Crippen molar-refractivity contribution in [3.8, 4) is 0 Å². The third-order valence-electron chi connectivity index (χ3n) is 7.57. The fourth-order valence-electron chi connectivity index (χ4n) is 5.26. The van der Waals surface area contributed by atoms with Gasteiger partial charge in [0.2, 0.25) is 0 Å². The lowest BCUT2D eigenvalue weighted by atomic mass is 9.82. The number of nitrogens with two attached hydrogens (primary N) is 1. The minimum Gasteiger partial charge on any atom is -0.385 e. The van der Waals surface area contributed by atoms with Crippen molar-refractivity contribution >= 4 is 12.1 Å². The van der Waals surface area contributed by atoms with Crippen LogP contribution >= 0.6 is 12.1 Å². The third kappa shape index (κ3) is 7.18. The summed E-state index contributed by atoms with van der Waals surface area (Å²) in [5.74, 6) is -0.270. The van der Waals surface area contributed by atoms with Crippen LogP contribution in [0.3, 0.4) is 0 Å². The molecule has 1 aliphatic carbocycles. The lowest BCUT2D eigenvalue weighted by Crippen LogP contribution is -2.54. The Balaban J connectivity index is 1.28. The van der Waals surface area contributed by atoms with Crippen molar-refractivity contribution in [2.24, 2.45) is 17.6 Å². The Morgan fingerprint density at radius 2 is 1.92 bits per heavy atom. The predicted octanol–water partition coefficient (Wildman–Crippen LogP) is 5.19. The molecular weight excluding hydrogens is 492 g/mol. The Labute approximate surface area is 215 Å². The monoisotopic (exact) mass is 528 g/mol. The maximum absolute atomic E-state index is 13.6. The molecule has 1 saturated carbocycles. The van der Waals surface area contributed by atoms with Crippen LogP contribution in [0.25, 0.3) is 0 Å². The molecule has 2 unspecified atom stereocenters. The zero-order valence-electron chi connectivity index (χ0n) is 20.4. The maximum atomic E-state index is 13.6. The molecule has 3 fully saturated rings. The van der Waals surface area contributed by atoms with E-state index in [0.717, 1.165) is 44.2 Å². The van der Waals surface area contributed by atoms with Crippen LogP contribution in [-0.2, 0) is 4.74 Å². The lowest BCUT2D eigenvalue weighted by Gasteiger charge is -2.43. The Bertz CT molecular complexity index is 900. The predicted molar refractivity (Wildman–Crippen MR) is 135 cm³/mol. The van der Waals surface area contributed by atoms with E-state index in [4.69, 9.17) is 10.5 Å². The number of ether oxygens (including phenoxy) is 1. The van der Waals surface area contributed by atoms with Gasteiger partial charge in [-0.05, 0) is 61.8 Å². The molecule has 3 aliphatic rings. The molecule has 36 heavy (non-hydrogen) atoms. The van der Waals surface area contributed by atoms with E-state index in [1.807, 2.05) is 6.07 Å². The zero-order chi connectivity index (χ0) is 25.7. The van der Waals surface area contributed by atoms with Gasteiger partial charge in [0, 0.05) is 50.3 Å². The van der Waals surface area contributed by atoms with Crippen molar-refractivity contribution in [3.63, 3.8) is 0 Å². The summed E-state index contributed by atoms with van der Waals surface area (Å²) in [5.41, 5.74) is 7.26. The summed E-state index contributed by atoms with van der Waals surface area (Å²) in [5, 5.41) is 0. The van der Waals surface area contributed by atoms with E-state index in [2.05, 4.69) is 16.2 Å². The summed E-state index contributed by atoms with van der Waals surface area (Å²) < 4.78 is 63.5. The highest BCUT2D eigenvalue weighted by molar-refractivity contribution is 7.95. The topological polar surface area (TPSA) is 53.8 Å². The van der Waals surface area contributed by atoms with Crippen LogP contribution in [0, 0.1) is 17.7 Å². The molecule has 0 amide bonds. The van der Waals surface area contributed by atoms with E-state index in [9.17, 15) is 17.6 Å². The SMILES string of the molecule is C=C/C=C(\N)N1CCC(NSN2CC(C(F)(F)F)C2)C(COC2CCC(c3cccc(F)c3)CC2)C1. The molecule has 5 nitrogen and oxygen atoms in total. The Hall–Kier alpha value is -1.75. The second-order valence-corrected chi connectivity index (χ2v) is 11.0. The molecule has 200 valence electrons. The molecule has 10 heteroatoms. The first-order chi connectivity index (χ1) is 17.2. The van der Waals surface area contributed by atoms with E-state index in [-0.39, 0.29) is 37.0 Å². The standard InChI is InChI=1S/C26H36F4N4OS/c1-2-4-25(31)33-12-11-24(32-36-34-15-21(16-34)26(28,29)30)20(14-33)17-35-23-9-7-18(8-10-23)19-5-3-6-22(27)13-19/h2-6,13,18,20-21,23-24,32H,1,7-12,14-17,31H2/b25-4+. The average Bonchev–Trinajstić information content (AvgIpc) is 2.82. The molecular formula is C26H36F4N4OS. The fraction of sp³-hybridized carbons (Fsp3) is 0.615. The van der Waals surface area contributed by atoms with Gasteiger partial charge in [0.25, 0.3) is 0 Å². The summed E-state index contributed by atoms with van der Waals surface area (Å²) in [7, 11) is 0. The van der Waals surface area contributed by atoms with Crippen LogP contribution in [0.5, 0.6) is 0 Å². The summed E-state index contributed by atoms with van der Waals surface area (Å²) in [6, 6.07) is 6.98. The van der Waals surface area contributed by atoms with Gasteiger partial charge >= 0.3 is 6.18 Å². The van der Waals surface area contributed by atoms with Gasteiger partial charge in [-0.1, -0.05) is 24.8 Å². The molecule has 2 saturated heterocycles. The van der Waals surface area contributed by atoms with Gasteiger partial charge in [-0.25, -0.2) is 13.4 Å². The van der Waals surface area contributed by atoms with E-state index in [1.165, 1.54) is 18.2 Å². The zero-order valence-corrected chi connectivity index (χ0v) is 21.2. The van der Waals surface area contributed by atoms with Crippen LogP contribution in [0.15, 0.2) is 48.8 Å². The van der Waals surface area contributed by atoms with Crippen molar-refractivity contribution in [1.29, 1.82) is 0 Å². The fourth-order valence-corrected chi connectivity index (χ4v) is 6.37. The van der Waals surface area contributed by atoms with Gasteiger partial charge in [0.1, 0.15) is 5.82 Å². The molecule has 2 aliphatic heterocycles. The van der Waals surface area contributed by atoms with Gasteiger partial charge < -0.3 is 15.4 Å². The maximum Gasteiger partial charge on any atom is 0.394 e. The van der Waals surface area contributed by atoms with Crippen molar-refractivity contribution in [1.82, 2.24) is 13.9 Å². The summed E-state index contributed by atoms with van der Waals surface area (Å²) >= 11 is 1.29. The molecule has 1 aromatic carbocycles. The van der Waals surface area contributed by atoms with Gasteiger partial charge in [-0.15, -0.1) is 0 Å². The molecule has 2 atom stereocenters. The molecule has 0 aromatic heterocycles. The Kier molecular flexibility index (Phi) is 9.24. The summed E-state index contributed by atoms with van der Waals surface area (Å²) in [6.07, 6.45) is 4.08. The minimum atomic E-state index is -4.12. The normalized spacial score (nSPS) is 28.7. The van der Waals surface area contributed by atoms with Crippen LogP contribution in [0.2, 0.25) is 0 Å². The second-order valence-electron chi connectivity index (χ2n) is 10.1. The number of nitrogens with one attached hydrogen (secondary N) is 1. The number of rotatable bonds is 9. The lowest BCUT2D eigenvalue weighted by molar-refractivity contribution is -0.197. The van der Waals surface area contributed by atoms with Crippen LogP contribution in [0.1, 0.15) is 43.6 Å². The number of allylic oxidation sites excluding steroid dienone is 2. The second kappa shape index (κ2) is 12.2. The molecule has 4 rings (SSSR count). The highest BCUT2D eigenvalue weighted by Gasteiger charge is 2.47.